The highest BCUT2D eigenvalue weighted by Crippen LogP contribution is 2.23. The first-order valence-corrected chi connectivity index (χ1v) is 14.7. The number of imide groups is 1. The first kappa shape index (κ1) is 32.6. The maximum Gasteiger partial charge on any atom is 0.417 e. The second-order valence-corrected chi connectivity index (χ2v) is 11.2. The molecule has 1 aromatic rings. The van der Waals surface area contributed by atoms with Crippen LogP contribution in [-0.2, 0) is 35.3 Å². The fourth-order valence-corrected chi connectivity index (χ4v) is 5.33. The van der Waals surface area contributed by atoms with Gasteiger partial charge in [0.05, 0.1) is 0 Å². The number of likely N-dealkylation sites (tertiary alicyclic amines) is 2. The fraction of sp³-hybridized carbons (Fsp3) is 0.600. The Hall–Kier alpha value is -3.96. The van der Waals surface area contributed by atoms with E-state index in [1.54, 1.807) is 31.2 Å². The minimum Gasteiger partial charge on any atom is -0.444 e. The van der Waals surface area contributed by atoms with E-state index in [1.807, 2.05) is 26.8 Å². The molecule has 230 valence electrons. The molecule has 0 aromatic heterocycles. The Morgan fingerprint density at radius 1 is 0.952 bits per heavy atom. The van der Waals surface area contributed by atoms with Crippen molar-refractivity contribution in [1.29, 1.82) is 0 Å². The van der Waals surface area contributed by atoms with E-state index >= 15 is 0 Å². The molecule has 1 aromatic carbocycles. The normalized spacial score (nSPS) is 21.3. The molecule has 6 atom stereocenters. The minimum absolute atomic E-state index is 0.0137. The van der Waals surface area contributed by atoms with Gasteiger partial charge in [-0.05, 0) is 36.7 Å². The van der Waals surface area contributed by atoms with E-state index < -0.39 is 53.9 Å². The van der Waals surface area contributed by atoms with E-state index in [0.717, 1.165) is 10.5 Å². The summed E-state index contributed by atoms with van der Waals surface area (Å²) in [6, 6.07) is 5.13. The fourth-order valence-electron chi connectivity index (χ4n) is 5.33. The van der Waals surface area contributed by atoms with Gasteiger partial charge in [0.2, 0.25) is 29.5 Å². The van der Waals surface area contributed by atoms with Crippen LogP contribution in [-0.4, -0.2) is 76.1 Å². The molecule has 4 N–H and O–H groups in total. The minimum atomic E-state index is -1.13. The summed E-state index contributed by atoms with van der Waals surface area (Å²) < 4.78 is 5.31. The Morgan fingerprint density at radius 3 is 2.21 bits per heavy atom. The Kier molecular flexibility index (Phi) is 11.5. The van der Waals surface area contributed by atoms with E-state index in [1.165, 1.54) is 4.90 Å². The van der Waals surface area contributed by atoms with Crippen LogP contribution in [0.2, 0.25) is 0 Å². The van der Waals surface area contributed by atoms with Gasteiger partial charge >= 0.3 is 6.09 Å². The number of amides is 6. The summed E-state index contributed by atoms with van der Waals surface area (Å²) in [5.41, 5.74) is 6.25. The SMILES string of the molecule is CC[C@@H](C)[C@H](NC(=O)[C@@H](NC(=O)[C@@H]1CCC(=O)N1C(=O)OCc1ccccc1)[C@@H](C)CC)C(=O)N1CCC[C@@H]1C(N)=O. The Labute approximate surface area is 246 Å². The highest BCUT2D eigenvalue weighted by Gasteiger charge is 2.44. The number of hydrogen-bond donors (Lipinski definition) is 3. The lowest BCUT2D eigenvalue weighted by Gasteiger charge is -2.33. The van der Waals surface area contributed by atoms with Crippen LogP contribution in [0.3, 0.4) is 0 Å². The van der Waals surface area contributed by atoms with Crippen LogP contribution in [0, 0.1) is 11.8 Å². The number of nitrogens with one attached hydrogen (secondary N) is 2. The van der Waals surface area contributed by atoms with Gasteiger partial charge in [-0.3, -0.25) is 24.0 Å². The van der Waals surface area contributed by atoms with Crippen LogP contribution < -0.4 is 16.4 Å². The van der Waals surface area contributed by atoms with Crippen molar-refractivity contribution in [2.24, 2.45) is 17.6 Å². The van der Waals surface area contributed by atoms with Crippen molar-refractivity contribution < 1.29 is 33.5 Å². The number of hydrogen-bond acceptors (Lipinski definition) is 7. The topological polar surface area (TPSA) is 168 Å². The molecule has 2 aliphatic rings. The highest BCUT2D eigenvalue weighted by atomic mass is 16.6. The maximum atomic E-state index is 13.6. The molecule has 2 aliphatic heterocycles. The predicted octanol–water partition coefficient (Wildman–Crippen LogP) is 1.85. The van der Waals surface area contributed by atoms with Crippen molar-refractivity contribution in [3.63, 3.8) is 0 Å². The van der Waals surface area contributed by atoms with Crippen LogP contribution in [0.1, 0.15) is 71.8 Å². The van der Waals surface area contributed by atoms with Gasteiger partial charge in [0.1, 0.15) is 30.8 Å². The zero-order valence-electron chi connectivity index (χ0n) is 24.8. The molecular formula is C30H43N5O7. The third kappa shape index (κ3) is 7.65. The van der Waals surface area contributed by atoms with Gasteiger partial charge in [-0.25, -0.2) is 9.69 Å². The number of nitrogens with two attached hydrogens (primary N) is 1. The van der Waals surface area contributed by atoms with E-state index in [-0.39, 0.29) is 37.2 Å². The number of nitrogens with zero attached hydrogens (tertiary/aromatic N) is 2. The summed E-state index contributed by atoms with van der Waals surface area (Å²) >= 11 is 0. The monoisotopic (exact) mass is 585 g/mol. The second kappa shape index (κ2) is 14.8. The second-order valence-electron chi connectivity index (χ2n) is 11.2. The molecule has 2 heterocycles. The van der Waals surface area contributed by atoms with E-state index in [2.05, 4.69) is 10.6 Å². The lowest BCUT2D eigenvalue weighted by atomic mass is 9.94. The van der Waals surface area contributed by atoms with E-state index in [0.29, 0.717) is 32.2 Å². The van der Waals surface area contributed by atoms with Crippen LogP contribution in [0.25, 0.3) is 0 Å². The maximum absolute atomic E-state index is 13.6. The molecule has 2 saturated heterocycles. The van der Waals surface area contributed by atoms with Crippen molar-refractivity contribution in [1.82, 2.24) is 20.4 Å². The molecule has 0 saturated carbocycles. The van der Waals surface area contributed by atoms with Crippen LogP contribution in [0.5, 0.6) is 0 Å². The first-order valence-electron chi connectivity index (χ1n) is 14.7. The smallest absolute Gasteiger partial charge is 0.417 e. The molecule has 3 rings (SSSR count). The number of rotatable bonds is 12. The van der Waals surface area contributed by atoms with Crippen LogP contribution >= 0.6 is 0 Å². The van der Waals surface area contributed by atoms with Crippen molar-refractivity contribution >= 4 is 35.6 Å². The van der Waals surface area contributed by atoms with Gasteiger partial charge in [-0.1, -0.05) is 70.9 Å². The Balaban J connectivity index is 1.73. The van der Waals surface area contributed by atoms with Gasteiger partial charge in [0, 0.05) is 13.0 Å². The van der Waals surface area contributed by atoms with E-state index in [4.69, 9.17) is 10.5 Å². The zero-order valence-corrected chi connectivity index (χ0v) is 24.8. The van der Waals surface area contributed by atoms with Gasteiger partial charge in [-0.15, -0.1) is 0 Å². The van der Waals surface area contributed by atoms with Crippen molar-refractivity contribution in [3.8, 4) is 0 Å². The number of ether oxygens (including phenoxy) is 1. The van der Waals surface area contributed by atoms with Crippen molar-refractivity contribution in [2.45, 2.75) is 97.0 Å². The van der Waals surface area contributed by atoms with Gasteiger partial charge in [0.15, 0.2) is 0 Å². The highest BCUT2D eigenvalue weighted by molar-refractivity contribution is 6.02. The number of benzene rings is 1. The summed E-state index contributed by atoms with van der Waals surface area (Å²) in [5.74, 6) is -3.31. The number of primary amides is 1. The molecule has 2 fully saturated rings. The average molecular weight is 586 g/mol. The molecule has 0 spiro atoms. The quantitative estimate of drug-likeness (QED) is 0.336. The summed E-state index contributed by atoms with van der Waals surface area (Å²) in [4.78, 5) is 80.2. The average Bonchev–Trinajstić information content (AvgIpc) is 3.64. The third-order valence-corrected chi connectivity index (χ3v) is 8.35. The predicted molar refractivity (Wildman–Crippen MR) is 153 cm³/mol. The van der Waals surface area contributed by atoms with E-state index in [9.17, 15) is 28.8 Å². The van der Waals surface area contributed by atoms with Crippen molar-refractivity contribution in [3.05, 3.63) is 35.9 Å². The summed E-state index contributed by atoms with van der Waals surface area (Å²) in [6.07, 6.45) is 1.37. The number of carbonyl (C=O) groups is 6. The summed E-state index contributed by atoms with van der Waals surface area (Å²) in [5, 5.41) is 5.56. The molecule has 12 nitrogen and oxygen atoms in total. The zero-order chi connectivity index (χ0) is 31.0. The third-order valence-electron chi connectivity index (χ3n) is 8.35. The van der Waals surface area contributed by atoms with Crippen LogP contribution in [0.15, 0.2) is 30.3 Å². The number of carbonyl (C=O) groups excluding carboxylic acids is 6. The molecule has 42 heavy (non-hydrogen) atoms. The molecular weight excluding hydrogens is 542 g/mol. The Morgan fingerprint density at radius 2 is 1.60 bits per heavy atom. The van der Waals surface area contributed by atoms with Crippen molar-refractivity contribution in [2.75, 3.05) is 6.54 Å². The van der Waals surface area contributed by atoms with Gasteiger partial charge in [-0.2, -0.15) is 0 Å². The Bertz CT molecular complexity index is 1160. The molecule has 0 bridgehead atoms. The standard InChI is InChI=1S/C30H43N5O7/c1-5-18(3)24(28(39)33-25(19(4)6-2)29(40)34-16-10-13-21(34)26(31)37)32-27(38)22-14-15-23(36)35(22)30(41)42-17-20-11-8-7-9-12-20/h7-9,11-12,18-19,21-22,24-25H,5-6,10,13-17H2,1-4H3,(H2,31,37)(H,32,38)(H,33,39)/t18-,19+,21+,22-,24-,25-/m0/s1. The van der Waals surface area contributed by atoms with Crippen LogP contribution in [0.4, 0.5) is 4.79 Å². The largest absolute Gasteiger partial charge is 0.444 e. The molecule has 0 radical (unpaired) electrons. The molecule has 0 unspecified atom stereocenters. The first-order chi connectivity index (χ1) is 20.0. The van der Waals surface area contributed by atoms with Gasteiger partial charge in [0.25, 0.3) is 0 Å². The molecule has 6 amide bonds. The molecule has 0 aliphatic carbocycles. The molecule has 12 heteroatoms. The lowest BCUT2D eigenvalue weighted by molar-refractivity contribution is -0.142. The summed E-state index contributed by atoms with van der Waals surface area (Å²) in [7, 11) is 0. The summed E-state index contributed by atoms with van der Waals surface area (Å²) in [6.45, 7) is 7.69. The lowest BCUT2D eigenvalue weighted by Crippen LogP contribution is -2.60. The van der Waals surface area contributed by atoms with Gasteiger partial charge < -0.3 is 26.0 Å².